The Hall–Kier alpha value is -1.28. The molecule has 0 radical (unpaired) electrons. The highest BCUT2D eigenvalue weighted by Gasteiger charge is 2.54. The second kappa shape index (κ2) is 3.46. The maximum atomic E-state index is 12.8. The molecule has 0 spiro atoms. The third-order valence-electron chi connectivity index (χ3n) is 2.23. The summed E-state index contributed by atoms with van der Waals surface area (Å²) in [4.78, 5) is 20.3. The highest BCUT2D eigenvalue weighted by Crippen LogP contribution is 2.20. The zero-order valence-corrected chi connectivity index (χ0v) is 7.14. The Bertz CT molecular complexity index is 274. The van der Waals surface area contributed by atoms with Crippen LogP contribution >= 0.6 is 0 Å². The number of alkyl halides is 1. The summed E-state index contributed by atoms with van der Waals surface area (Å²) in [6.07, 6.45) is -1.93. The first-order valence-corrected chi connectivity index (χ1v) is 3.92. The topological polar surface area (TPSA) is 118 Å². The van der Waals surface area contributed by atoms with E-state index in [4.69, 9.17) is 10.8 Å². The van der Waals surface area contributed by atoms with Gasteiger partial charge in [-0.2, -0.15) is 0 Å². The standard InChI is InChI=1S/C6H10FN3O4/c7-3-1-4(10(13)14)6(8,5(11)12)9-2-3/h3-4,9H,1-2,8H2,(H,11,12)/t3?,4?,6-/m1/s1. The number of hydrogen-bond donors (Lipinski definition) is 3. The lowest BCUT2D eigenvalue weighted by molar-refractivity contribution is -0.537. The van der Waals surface area contributed by atoms with Gasteiger partial charge >= 0.3 is 5.97 Å². The van der Waals surface area contributed by atoms with Crippen LogP contribution in [0.3, 0.4) is 0 Å². The van der Waals surface area contributed by atoms with Gasteiger partial charge < -0.3 is 5.11 Å². The Balaban J connectivity index is 2.93. The minimum atomic E-state index is -2.17. The summed E-state index contributed by atoms with van der Waals surface area (Å²) in [6.45, 7) is -0.285. The smallest absolute Gasteiger partial charge is 0.346 e. The van der Waals surface area contributed by atoms with Crippen molar-refractivity contribution in [2.45, 2.75) is 24.3 Å². The van der Waals surface area contributed by atoms with Gasteiger partial charge in [-0.1, -0.05) is 0 Å². The van der Waals surface area contributed by atoms with Crippen LogP contribution < -0.4 is 11.1 Å². The van der Waals surface area contributed by atoms with Crippen LogP contribution in [-0.4, -0.2) is 40.4 Å². The molecule has 1 heterocycles. The van der Waals surface area contributed by atoms with Crippen molar-refractivity contribution in [3.05, 3.63) is 10.1 Å². The molecule has 4 N–H and O–H groups in total. The molecule has 0 amide bonds. The molecule has 2 unspecified atom stereocenters. The first kappa shape index (κ1) is 10.8. The molecule has 1 rings (SSSR count). The number of nitrogens with two attached hydrogens (primary N) is 1. The number of carboxylic acid groups (broad SMARTS) is 1. The van der Waals surface area contributed by atoms with Crippen LogP contribution in [0.15, 0.2) is 0 Å². The highest BCUT2D eigenvalue weighted by atomic mass is 19.1. The van der Waals surface area contributed by atoms with Crippen molar-refractivity contribution in [1.82, 2.24) is 5.32 Å². The van der Waals surface area contributed by atoms with Gasteiger partial charge in [0.15, 0.2) is 0 Å². The Morgan fingerprint density at radius 3 is 2.79 bits per heavy atom. The normalized spacial score (nSPS) is 37.9. The van der Waals surface area contributed by atoms with E-state index in [0.717, 1.165) is 0 Å². The number of carboxylic acids is 1. The molecule has 3 atom stereocenters. The maximum Gasteiger partial charge on any atom is 0.346 e. The fourth-order valence-electron chi connectivity index (χ4n) is 1.38. The molecule has 14 heavy (non-hydrogen) atoms. The van der Waals surface area contributed by atoms with Gasteiger partial charge in [0.25, 0.3) is 6.04 Å². The summed E-state index contributed by atoms with van der Waals surface area (Å²) < 4.78 is 12.8. The lowest BCUT2D eigenvalue weighted by atomic mass is 9.92. The van der Waals surface area contributed by atoms with E-state index in [9.17, 15) is 19.3 Å². The second-order valence-corrected chi connectivity index (χ2v) is 3.19. The average molecular weight is 207 g/mol. The number of piperidine rings is 1. The molecule has 1 saturated heterocycles. The van der Waals surface area contributed by atoms with E-state index in [0.29, 0.717) is 0 Å². The summed E-state index contributed by atoms with van der Waals surface area (Å²) in [5.41, 5.74) is 3.12. The van der Waals surface area contributed by atoms with Crippen molar-refractivity contribution in [2.24, 2.45) is 5.73 Å². The van der Waals surface area contributed by atoms with Crippen LogP contribution in [0.4, 0.5) is 4.39 Å². The minimum Gasteiger partial charge on any atom is -0.479 e. The molecule has 1 aliphatic heterocycles. The van der Waals surface area contributed by atoms with Gasteiger partial charge in [0, 0.05) is 11.5 Å². The van der Waals surface area contributed by atoms with Gasteiger partial charge in [0.05, 0.1) is 6.42 Å². The second-order valence-electron chi connectivity index (χ2n) is 3.19. The summed E-state index contributed by atoms with van der Waals surface area (Å²) in [7, 11) is 0. The van der Waals surface area contributed by atoms with Crippen molar-refractivity contribution in [2.75, 3.05) is 6.54 Å². The monoisotopic (exact) mass is 207 g/mol. The van der Waals surface area contributed by atoms with Crippen LogP contribution in [0.1, 0.15) is 6.42 Å². The fraction of sp³-hybridized carbons (Fsp3) is 0.833. The van der Waals surface area contributed by atoms with Crippen molar-refractivity contribution in [3.8, 4) is 0 Å². The molecule has 0 aromatic heterocycles. The quantitative estimate of drug-likeness (QED) is 0.382. The molecule has 0 saturated carbocycles. The van der Waals surface area contributed by atoms with Crippen LogP contribution in [0, 0.1) is 10.1 Å². The van der Waals surface area contributed by atoms with Crippen LogP contribution in [-0.2, 0) is 4.79 Å². The Morgan fingerprint density at radius 2 is 2.36 bits per heavy atom. The molecule has 7 nitrogen and oxygen atoms in total. The summed E-state index contributed by atoms with van der Waals surface area (Å²) >= 11 is 0. The van der Waals surface area contributed by atoms with Gasteiger partial charge in [-0.05, 0) is 0 Å². The average Bonchev–Trinajstić information content (AvgIpc) is 2.08. The number of carbonyl (C=O) groups is 1. The van der Waals surface area contributed by atoms with Crippen LogP contribution in [0.5, 0.6) is 0 Å². The third-order valence-corrected chi connectivity index (χ3v) is 2.23. The van der Waals surface area contributed by atoms with Gasteiger partial charge in [-0.25, -0.2) is 9.18 Å². The zero-order chi connectivity index (χ0) is 10.9. The van der Waals surface area contributed by atoms with Crippen molar-refractivity contribution >= 4 is 5.97 Å². The van der Waals surface area contributed by atoms with Gasteiger partial charge in [0.2, 0.25) is 5.66 Å². The number of aliphatic carboxylic acids is 1. The predicted molar refractivity (Wildman–Crippen MR) is 42.9 cm³/mol. The zero-order valence-electron chi connectivity index (χ0n) is 7.14. The van der Waals surface area contributed by atoms with Gasteiger partial charge in [-0.3, -0.25) is 21.2 Å². The number of nitro groups is 1. The van der Waals surface area contributed by atoms with Crippen LogP contribution in [0.2, 0.25) is 0 Å². The first-order valence-electron chi connectivity index (χ1n) is 3.92. The fourth-order valence-corrected chi connectivity index (χ4v) is 1.38. The molecule has 80 valence electrons. The molecular formula is C6H10FN3O4. The molecular weight excluding hydrogens is 197 g/mol. The Morgan fingerprint density at radius 1 is 1.79 bits per heavy atom. The Kier molecular flexibility index (Phi) is 2.67. The van der Waals surface area contributed by atoms with Gasteiger partial charge in [-0.15, -0.1) is 0 Å². The molecule has 1 fully saturated rings. The van der Waals surface area contributed by atoms with E-state index < -0.39 is 35.2 Å². The third kappa shape index (κ3) is 1.66. The highest BCUT2D eigenvalue weighted by molar-refractivity contribution is 5.79. The maximum absolute atomic E-state index is 12.8. The number of rotatable bonds is 2. The molecule has 8 heteroatoms. The van der Waals surface area contributed by atoms with Crippen molar-refractivity contribution in [1.29, 1.82) is 0 Å². The number of halogens is 1. The lowest BCUT2D eigenvalue weighted by Gasteiger charge is -2.33. The molecule has 0 aromatic carbocycles. The molecule has 0 aromatic rings. The first-order chi connectivity index (χ1) is 6.38. The van der Waals surface area contributed by atoms with Gasteiger partial charge in [0.1, 0.15) is 6.17 Å². The van der Waals surface area contributed by atoms with Crippen molar-refractivity contribution in [3.63, 3.8) is 0 Å². The Labute approximate surface area is 78.2 Å². The van der Waals surface area contributed by atoms with E-state index in [-0.39, 0.29) is 6.54 Å². The van der Waals surface area contributed by atoms with E-state index in [1.54, 1.807) is 0 Å². The van der Waals surface area contributed by atoms with E-state index in [1.165, 1.54) is 0 Å². The van der Waals surface area contributed by atoms with E-state index in [2.05, 4.69) is 5.32 Å². The SMILES string of the molecule is N[C@@]1(C(=O)O)NCC(F)CC1[N+](=O)[O-]. The predicted octanol–water partition coefficient (Wildman–Crippen LogP) is -1.30. The molecule has 0 bridgehead atoms. The van der Waals surface area contributed by atoms with Crippen molar-refractivity contribution < 1.29 is 19.2 Å². The summed E-state index contributed by atoms with van der Waals surface area (Å²) in [5.74, 6) is -1.55. The molecule has 0 aliphatic carbocycles. The van der Waals surface area contributed by atoms with Crippen LogP contribution in [0.25, 0.3) is 0 Å². The molecule has 1 aliphatic rings. The largest absolute Gasteiger partial charge is 0.479 e. The van der Waals surface area contributed by atoms with E-state index in [1.807, 2.05) is 0 Å². The van der Waals surface area contributed by atoms with E-state index >= 15 is 0 Å². The summed E-state index contributed by atoms with van der Waals surface area (Å²) in [5, 5.41) is 21.3. The summed E-state index contributed by atoms with van der Waals surface area (Å²) in [6, 6.07) is -1.65. The number of nitrogens with one attached hydrogen (secondary N) is 1. The number of nitrogens with zero attached hydrogens (tertiary/aromatic N) is 1. The lowest BCUT2D eigenvalue weighted by Crippen LogP contribution is -2.73. The minimum absolute atomic E-state index is 0.285. The number of hydrogen-bond acceptors (Lipinski definition) is 5.